The summed E-state index contributed by atoms with van der Waals surface area (Å²) in [6, 6.07) is 9.01. The van der Waals surface area contributed by atoms with Crippen LogP contribution < -0.4 is 15.5 Å². The van der Waals surface area contributed by atoms with Gasteiger partial charge < -0.3 is 15.5 Å². The summed E-state index contributed by atoms with van der Waals surface area (Å²) in [4.78, 5) is 26.3. The summed E-state index contributed by atoms with van der Waals surface area (Å²) in [7, 11) is -3.74. The van der Waals surface area contributed by atoms with Crippen molar-refractivity contribution in [2.45, 2.75) is 18.7 Å². The van der Waals surface area contributed by atoms with Crippen LogP contribution in [0.15, 0.2) is 41.3 Å². The Labute approximate surface area is 197 Å². The van der Waals surface area contributed by atoms with Crippen molar-refractivity contribution >= 4 is 56.4 Å². The highest BCUT2D eigenvalue weighted by molar-refractivity contribution is 7.89. The Morgan fingerprint density at radius 1 is 1.12 bits per heavy atom. The molecule has 8 nitrogen and oxygen atoms in total. The molecule has 0 unspecified atom stereocenters. The Morgan fingerprint density at radius 2 is 1.84 bits per heavy atom. The number of nitrogens with zero attached hydrogens (tertiary/aromatic N) is 2. The van der Waals surface area contributed by atoms with Crippen LogP contribution in [-0.2, 0) is 14.8 Å². The lowest BCUT2D eigenvalue weighted by Crippen LogP contribution is -2.47. The van der Waals surface area contributed by atoms with E-state index < -0.39 is 15.9 Å². The maximum absolute atomic E-state index is 12.9. The monoisotopic (exact) mass is 498 g/mol. The van der Waals surface area contributed by atoms with Gasteiger partial charge in [-0.3, -0.25) is 9.59 Å². The molecular weight excluding hydrogens is 475 g/mol. The number of carbonyl (C=O) groups excluding carboxylic acids is 2. The van der Waals surface area contributed by atoms with Gasteiger partial charge in [-0.1, -0.05) is 37.0 Å². The number of hydrogen-bond acceptors (Lipinski definition) is 5. The number of halogens is 2. The first-order valence-electron chi connectivity index (χ1n) is 10.1. The highest BCUT2D eigenvalue weighted by Gasteiger charge is 2.24. The van der Waals surface area contributed by atoms with E-state index in [0.29, 0.717) is 42.6 Å². The van der Waals surface area contributed by atoms with Gasteiger partial charge in [0, 0.05) is 31.9 Å². The fraction of sp³-hybridized carbons (Fsp3) is 0.333. The molecule has 1 fully saturated rings. The summed E-state index contributed by atoms with van der Waals surface area (Å²) in [5.74, 6) is -0.647. The number of amides is 2. The molecule has 0 bridgehead atoms. The van der Waals surface area contributed by atoms with Gasteiger partial charge in [0.05, 0.1) is 32.7 Å². The Balaban J connectivity index is 1.83. The van der Waals surface area contributed by atoms with E-state index in [1.807, 2.05) is 4.90 Å². The first-order chi connectivity index (χ1) is 15.2. The molecule has 1 aliphatic heterocycles. The molecule has 0 atom stereocenters. The van der Waals surface area contributed by atoms with Crippen molar-refractivity contribution in [1.29, 1.82) is 0 Å². The third-order valence-corrected chi connectivity index (χ3v) is 7.79. The van der Waals surface area contributed by atoms with E-state index in [9.17, 15) is 18.0 Å². The van der Waals surface area contributed by atoms with Gasteiger partial charge in [-0.2, -0.15) is 4.31 Å². The first kappa shape index (κ1) is 24.3. The molecule has 1 aliphatic rings. The van der Waals surface area contributed by atoms with Crippen LogP contribution >= 0.6 is 23.2 Å². The molecule has 2 aromatic carbocycles. The first-order valence-corrected chi connectivity index (χ1v) is 12.3. The Morgan fingerprint density at radius 3 is 2.47 bits per heavy atom. The van der Waals surface area contributed by atoms with Crippen molar-refractivity contribution in [1.82, 2.24) is 9.62 Å². The molecule has 0 radical (unpaired) electrons. The topological polar surface area (TPSA) is 98.8 Å². The van der Waals surface area contributed by atoms with Gasteiger partial charge in [-0.15, -0.1) is 0 Å². The second-order valence-electron chi connectivity index (χ2n) is 7.12. The minimum absolute atomic E-state index is 0.00694. The van der Waals surface area contributed by atoms with Crippen molar-refractivity contribution in [2.24, 2.45) is 0 Å². The van der Waals surface area contributed by atoms with E-state index in [-0.39, 0.29) is 27.9 Å². The largest absolute Gasteiger partial charge is 0.359 e. The van der Waals surface area contributed by atoms with Crippen molar-refractivity contribution in [2.75, 3.05) is 42.9 Å². The van der Waals surface area contributed by atoms with Crippen LogP contribution in [0.2, 0.25) is 10.0 Å². The molecule has 2 amide bonds. The molecule has 0 spiro atoms. The normalized spacial score (nSPS) is 14.4. The number of benzene rings is 2. The number of rotatable bonds is 7. The second kappa shape index (κ2) is 10.1. The molecule has 32 heavy (non-hydrogen) atoms. The molecule has 0 aliphatic carbocycles. The zero-order valence-electron chi connectivity index (χ0n) is 17.7. The molecule has 172 valence electrons. The minimum Gasteiger partial charge on any atom is -0.359 e. The molecule has 11 heteroatoms. The second-order valence-corrected chi connectivity index (χ2v) is 9.88. The van der Waals surface area contributed by atoms with Gasteiger partial charge >= 0.3 is 0 Å². The van der Waals surface area contributed by atoms with Gasteiger partial charge in [0.1, 0.15) is 0 Å². The fourth-order valence-corrected chi connectivity index (χ4v) is 5.42. The predicted molar refractivity (Wildman–Crippen MR) is 126 cm³/mol. The average Bonchev–Trinajstić information content (AvgIpc) is 2.74. The third-order valence-electron chi connectivity index (χ3n) is 5.11. The van der Waals surface area contributed by atoms with Crippen molar-refractivity contribution in [3.05, 3.63) is 52.0 Å². The number of sulfonamides is 1. The fourth-order valence-electron chi connectivity index (χ4n) is 3.44. The number of hydrogen-bond donors (Lipinski definition) is 2. The van der Waals surface area contributed by atoms with Crippen LogP contribution in [0.4, 0.5) is 11.4 Å². The Bertz CT molecular complexity index is 1140. The van der Waals surface area contributed by atoms with Gasteiger partial charge in [0.15, 0.2) is 0 Å². The highest BCUT2D eigenvalue weighted by atomic mass is 35.5. The smallest absolute Gasteiger partial charge is 0.257 e. The van der Waals surface area contributed by atoms with Crippen LogP contribution in [0.3, 0.4) is 0 Å². The lowest BCUT2D eigenvalue weighted by Gasteiger charge is -2.29. The number of carbonyl (C=O) groups is 2. The Hall–Kier alpha value is -2.33. The molecule has 0 saturated carbocycles. The molecule has 3 rings (SSSR count). The van der Waals surface area contributed by atoms with E-state index in [4.69, 9.17) is 23.2 Å². The standard InChI is InChI=1S/C21H24Cl2N4O4S/c1-3-27(4-2)32(30,31)15-6-7-17(22)16(12-15)21(29)25-14-5-8-19(18(23)11-14)26-10-9-24-20(28)13-26/h5-8,11-12H,3-4,9-10,13H2,1-2H3,(H,24,28)(H,25,29). The summed E-state index contributed by atoms with van der Waals surface area (Å²) in [6.07, 6.45) is 0. The van der Waals surface area contributed by atoms with Gasteiger partial charge in [-0.05, 0) is 36.4 Å². The molecular formula is C21H24Cl2N4O4S. The lowest BCUT2D eigenvalue weighted by molar-refractivity contribution is -0.120. The lowest BCUT2D eigenvalue weighted by atomic mass is 10.2. The summed E-state index contributed by atoms with van der Waals surface area (Å²) in [5, 5.41) is 5.96. The summed E-state index contributed by atoms with van der Waals surface area (Å²) in [6.45, 7) is 5.47. The van der Waals surface area contributed by atoms with Crippen molar-refractivity contribution in [3.8, 4) is 0 Å². The number of nitrogens with one attached hydrogen (secondary N) is 2. The van der Waals surface area contributed by atoms with Crippen LogP contribution in [0.1, 0.15) is 24.2 Å². The van der Waals surface area contributed by atoms with E-state index in [1.165, 1.54) is 22.5 Å². The summed E-state index contributed by atoms with van der Waals surface area (Å²) >= 11 is 12.6. The zero-order chi connectivity index (χ0) is 23.5. The maximum Gasteiger partial charge on any atom is 0.257 e. The minimum atomic E-state index is -3.74. The van der Waals surface area contributed by atoms with Crippen molar-refractivity contribution < 1.29 is 18.0 Å². The highest BCUT2D eigenvalue weighted by Crippen LogP contribution is 2.30. The van der Waals surface area contributed by atoms with Crippen LogP contribution in [0.25, 0.3) is 0 Å². The van der Waals surface area contributed by atoms with E-state index in [0.717, 1.165) is 0 Å². The number of anilines is 2. The number of piperazine rings is 1. The van der Waals surface area contributed by atoms with Crippen LogP contribution in [0.5, 0.6) is 0 Å². The van der Waals surface area contributed by atoms with Crippen molar-refractivity contribution in [3.63, 3.8) is 0 Å². The zero-order valence-corrected chi connectivity index (χ0v) is 20.0. The van der Waals surface area contributed by atoms with E-state index in [2.05, 4.69) is 10.6 Å². The van der Waals surface area contributed by atoms with Gasteiger partial charge in [0.25, 0.3) is 5.91 Å². The predicted octanol–water partition coefficient (Wildman–Crippen LogP) is 3.21. The molecule has 1 saturated heterocycles. The van der Waals surface area contributed by atoms with E-state index >= 15 is 0 Å². The third kappa shape index (κ3) is 5.17. The summed E-state index contributed by atoms with van der Waals surface area (Å²) in [5.41, 5.74) is 1.14. The molecule has 0 aromatic heterocycles. The molecule has 1 heterocycles. The quantitative estimate of drug-likeness (QED) is 0.610. The molecule has 2 N–H and O–H groups in total. The van der Waals surface area contributed by atoms with E-state index in [1.54, 1.807) is 32.0 Å². The van der Waals surface area contributed by atoms with Gasteiger partial charge in [0.2, 0.25) is 15.9 Å². The SMILES string of the molecule is CCN(CC)S(=O)(=O)c1ccc(Cl)c(C(=O)Nc2ccc(N3CCNC(=O)C3)c(Cl)c2)c1. The Kier molecular flexibility index (Phi) is 7.66. The van der Waals surface area contributed by atoms with Crippen LogP contribution in [0, 0.1) is 0 Å². The maximum atomic E-state index is 12.9. The average molecular weight is 499 g/mol. The van der Waals surface area contributed by atoms with Crippen LogP contribution in [-0.4, -0.2) is 57.3 Å². The van der Waals surface area contributed by atoms with Gasteiger partial charge in [-0.25, -0.2) is 8.42 Å². The summed E-state index contributed by atoms with van der Waals surface area (Å²) < 4.78 is 26.9. The molecule has 2 aromatic rings.